The highest BCUT2D eigenvalue weighted by Crippen LogP contribution is 2.13. The molecule has 3 N–H and O–H groups in total. The summed E-state index contributed by atoms with van der Waals surface area (Å²) in [5.74, 6) is -0.718. The van der Waals surface area contributed by atoms with Gasteiger partial charge in [0.05, 0.1) is 0 Å². The van der Waals surface area contributed by atoms with E-state index in [0.717, 1.165) is 0 Å². The quantitative estimate of drug-likeness (QED) is 0.757. The molecule has 0 aliphatic heterocycles. The summed E-state index contributed by atoms with van der Waals surface area (Å²) in [6.45, 7) is 9.88. The summed E-state index contributed by atoms with van der Waals surface area (Å²) in [6, 6.07) is -1.14. The first-order valence-electron chi connectivity index (χ1n) is 6.90. The lowest BCUT2D eigenvalue weighted by molar-refractivity contribution is -0.158. The van der Waals surface area contributed by atoms with Crippen LogP contribution in [0.4, 0.5) is 9.18 Å². The molecule has 124 valence electrons. The highest BCUT2D eigenvalue weighted by molar-refractivity contribution is 5.81. The molecule has 21 heavy (non-hydrogen) atoms. The minimum absolute atomic E-state index is 0.241. The first-order chi connectivity index (χ1) is 9.34. The molecule has 1 amide bonds. The van der Waals surface area contributed by atoms with Crippen molar-refractivity contribution >= 4 is 12.1 Å². The Morgan fingerprint density at radius 2 is 1.57 bits per heavy atom. The van der Waals surface area contributed by atoms with Crippen LogP contribution in [0.5, 0.6) is 0 Å². The Bertz CT molecular complexity index is 361. The number of nitrogens with one attached hydrogen (secondary N) is 1. The molecule has 0 radical (unpaired) electrons. The molecule has 0 unspecified atom stereocenters. The Kier molecular flexibility index (Phi) is 7.09. The van der Waals surface area contributed by atoms with E-state index in [1.54, 1.807) is 41.5 Å². The van der Waals surface area contributed by atoms with Crippen LogP contribution >= 0.6 is 0 Å². The van der Waals surface area contributed by atoms with Crippen LogP contribution < -0.4 is 11.1 Å². The van der Waals surface area contributed by atoms with E-state index < -0.39 is 35.5 Å². The van der Waals surface area contributed by atoms with E-state index in [1.165, 1.54) is 0 Å². The maximum atomic E-state index is 13.4. The van der Waals surface area contributed by atoms with Crippen molar-refractivity contribution in [1.82, 2.24) is 5.32 Å². The largest absolute Gasteiger partial charge is 0.458 e. The van der Waals surface area contributed by atoms with Crippen LogP contribution in [0.15, 0.2) is 0 Å². The number of hydrogen-bond acceptors (Lipinski definition) is 5. The Morgan fingerprint density at radius 3 is 1.95 bits per heavy atom. The summed E-state index contributed by atoms with van der Waals surface area (Å²) >= 11 is 0. The third-order valence-electron chi connectivity index (χ3n) is 2.13. The zero-order chi connectivity index (χ0) is 16.8. The van der Waals surface area contributed by atoms with E-state index in [1.807, 2.05) is 0 Å². The van der Waals surface area contributed by atoms with Crippen molar-refractivity contribution in [2.24, 2.45) is 5.73 Å². The number of carbonyl (C=O) groups is 2. The van der Waals surface area contributed by atoms with Gasteiger partial charge in [-0.2, -0.15) is 0 Å². The zero-order valence-corrected chi connectivity index (χ0v) is 13.7. The van der Waals surface area contributed by atoms with Gasteiger partial charge in [-0.1, -0.05) is 0 Å². The molecule has 0 aliphatic carbocycles. The molecule has 6 nitrogen and oxygen atoms in total. The first kappa shape index (κ1) is 19.6. The van der Waals surface area contributed by atoms with Crippen LogP contribution in [0, 0.1) is 0 Å². The van der Waals surface area contributed by atoms with Gasteiger partial charge in [-0.3, -0.25) is 0 Å². The number of amides is 1. The normalized spacial score (nSPS) is 15.0. The average molecular weight is 306 g/mol. The second-order valence-electron chi connectivity index (χ2n) is 6.80. The van der Waals surface area contributed by atoms with Gasteiger partial charge in [0.1, 0.15) is 23.4 Å². The molecule has 0 spiro atoms. The number of nitrogens with two attached hydrogens (primary N) is 1. The lowest BCUT2D eigenvalue weighted by Gasteiger charge is -2.26. The van der Waals surface area contributed by atoms with Gasteiger partial charge in [0, 0.05) is 13.0 Å². The van der Waals surface area contributed by atoms with Crippen molar-refractivity contribution in [3.8, 4) is 0 Å². The van der Waals surface area contributed by atoms with Crippen molar-refractivity contribution in [2.75, 3.05) is 6.54 Å². The average Bonchev–Trinajstić information content (AvgIpc) is 2.22. The van der Waals surface area contributed by atoms with Gasteiger partial charge in [-0.05, 0) is 41.5 Å². The monoisotopic (exact) mass is 306 g/mol. The van der Waals surface area contributed by atoms with Crippen LogP contribution in [0.25, 0.3) is 0 Å². The van der Waals surface area contributed by atoms with E-state index in [0.29, 0.717) is 0 Å². The number of hydrogen-bond donors (Lipinski definition) is 2. The lowest BCUT2D eigenvalue weighted by atomic mass is 10.1. The maximum Gasteiger partial charge on any atom is 0.408 e. The van der Waals surface area contributed by atoms with Crippen molar-refractivity contribution in [3.05, 3.63) is 0 Å². The minimum Gasteiger partial charge on any atom is -0.458 e. The highest BCUT2D eigenvalue weighted by Gasteiger charge is 2.30. The molecule has 0 saturated carbocycles. The molecule has 2 atom stereocenters. The fourth-order valence-corrected chi connectivity index (χ4v) is 1.39. The smallest absolute Gasteiger partial charge is 0.408 e. The standard InChI is InChI=1S/C14H27FN2O4/c1-13(2,3)20-11(18)10(7-9(15)8-16)17-12(19)21-14(4,5)6/h9-10H,7-8,16H2,1-6H3,(H,17,19)/t9-,10-/m0/s1. The molecule has 0 heterocycles. The first-order valence-corrected chi connectivity index (χ1v) is 6.90. The molecule has 0 rings (SSSR count). The summed E-state index contributed by atoms with van der Waals surface area (Å²) in [5, 5.41) is 2.33. The molecular weight excluding hydrogens is 279 g/mol. The topological polar surface area (TPSA) is 90.6 Å². The Hall–Kier alpha value is -1.37. The van der Waals surface area contributed by atoms with Crippen LogP contribution in [0.1, 0.15) is 48.0 Å². The Morgan fingerprint density at radius 1 is 1.10 bits per heavy atom. The van der Waals surface area contributed by atoms with Crippen LogP contribution in [0.3, 0.4) is 0 Å². The van der Waals surface area contributed by atoms with E-state index >= 15 is 0 Å². The number of esters is 1. The van der Waals surface area contributed by atoms with Gasteiger partial charge >= 0.3 is 12.1 Å². The number of alkyl halides is 1. The van der Waals surface area contributed by atoms with Crippen LogP contribution in [-0.2, 0) is 14.3 Å². The van der Waals surface area contributed by atoms with Crippen molar-refractivity contribution in [2.45, 2.75) is 71.4 Å². The van der Waals surface area contributed by atoms with E-state index in [9.17, 15) is 14.0 Å². The highest BCUT2D eigenvalue weighted by atomic mass is 19.1. The number of alkyl carbamates (subject to hydrolysis) is 1. The molecule has 0 saturated heterocycles. The van der Waals surface area contributed by atoms with Crippen LogP contribution in [-0.4, -0.2) is 42.0 Å². The molecule has 7 heteroatoms. The van der Waals surface area contributed by atoms with Gasteiger partial charge in [-0.15, -0.1) is 0 Å². The SMILES string of the molecule is CC(C)(C)OC(=O)N[C@@H](C[C@H](F)CN)C(=O)OC(C)(C)C. The number of halogens is 1. The Balaban J connectivity index is 4.82. The fourth-order valence-electron chi connectivity index (χ4n) is 1.39. The predicted molar refractivity (Wildman–Crippen MR) is 77.6 cm³/mol. The Labute approximate surface area is 125 Å². The number of ether oxygens (including phenoxy) is 2. The third kappa shape index (κ3) is 10.1. The van der Waals surface area contributed by atoms with E-state index in [4.69, 9.17) is 15.2 Å². The summed E-state index contributed by atoms with van der Waals surface area (Å²) in [5.41, 5.74) is 3.76. The van der Waals surface area contributed by atoms with Gasteiger partial charge in [0.15, 0.2) is 0 Å². The van der Waals surface area contributed by atoms with Gasteiger partial charge in [0.25, 0.3) is 0 Å². The molecule has 0 aromatic heterocycles. The summed E-state index contributed by atoms with van der Waals surface area (Å²) in [7, 11) is 0. The summed E-state index contributed by atoms with van der Waals surface area (Å²) in [4.78, 5) is 23.7. The molecule has 0 fully saturated rings. The van der Waals surface area contributed by atoms with Crippen molar-refractivity contribution in [1.29, 1.82) is 0 Å². The molecular formula is C14H27FN2O4. The second kappa shape index (κ2) is 7.59. The van der Waals surface area contributed by atoms with E-state index in [-0.39, 0.29) is 13.0 Å². The predicted octanol–water partition coefficient (Wildman–Crippen LogP) is 1.91. The van der Waals surface area contributed by atoms with Gasteiger partial charge in [0.2, 0.25) is 0 Å². The third-order valence-corrected chi connectivity index (χ3v) is 2.13. The summed E-state index contributed by atoms with van der Waals surface area (Å²) < 4.78 is 23.7. The number of rotatable bonds is 5. The van der Waals surface area contributed by atoms with Crippen molar-refractivity contribution < 1.29 is 23.5 Å². The minimum atomic E-state index is -1.42. The van der Waals surface area contributed by atoms with Crippen LogP contribution in [0.2, 0.25) is 0 Å². The molecule has 0 bridgehead atoms. The molecule has 0 aromatic rings. The van der Waals surface area contributed by atoms with Gasteiger partial charge in [-0.25, -0.2) is 14.0 Å². The lowest BCUT2D eigenvalue weighted by Crippen LogP contribution is -2.47. The van der Waals surface area contributed by atoms with E-state index in [2.05, 4.69) is 5.32 Å². The maximum absolute atomic E-state index is 13.4. The molecule has 0 aromatic carbocycles. The zero-order valence-electron chi connectivity index (χ0n) is 13.7. The molecule has 0 aliphatic rings. The number of carbonyl (C=O) groups excluding carboxylic acids is 2. The summed E-state index contributed by atoms with van der Waals surface area (Å²) in [6.07, 6.45) is -2.48. The fraction of sp³-hybridized carbons (Fsp3) is 0.857. The van der Waals surface area contributed by atoms with Gasteiger partial charge < -0.3 is 20.5 Å². The van der Waals surface area contributed by atoms with Crippen molar-refractivity contribution in [3.63, 3.8) is 0 Å². The second-order valence-corrected chi connectivity index (χ2v) is 6.80.